The topological polar surface area (TPSA) is 0 Å². The molecular formula is C18H28Rh2S2-2. The third-order valence-electron chi connectivity index (χ3n) is 2.75. The van der Waals surface area contributed by atoms with Gasteiger partial charge in [-0.1, -0.05) is 0 Å². The maximum Gasteiger partial charge on any atom is 0 e. The van der Waals surface area contributed by atoms with Crippen molar-refractivity contribution in [2.45, 2.75) is 51.4 Å². The van der Waals surface area contributed by atoms with Crippen LogP contribution in [-0.2, 0) is 64.2 Å². The van der Waals surface area contributed by atoms with Crippen LogP contribution in [0.2, 0.25) is 0 Å². The monoisotopic (exact) mass is 514 g/mol. The van der Waals surface area contributed by atoms with Crippen LogP contribution in [0.4, 0.5) is 0 Å². The summed E-state index contributed by atoms with van der Waals surface area (Å²) in [5.74, 6) is 1.44. The summed E-state index contributed by atoms with van der Waals surface area (Å²) in [6.07, 6.45) is 28.0. The molecule has 2 aliphatic rings. The van der Waals surface area contributed by atoms with Gasteiger partial charge >= 0.3 is 0 Å². The van der Waals surface area contributed by atoms with Gasteiger partial charge in [0, 0.05) is 39.0 Å². The molecule has 0 spiro atoms. The SMILES string of the molecule is [CH]1[CH]CC[CH][CH]CC1.[CH]1[CH]CC[CH][CH]CC1.[Rh].[Rh].[S-]CC[S-]. The van der Waals surface area contributed by atoms with Crippen LogP contribution in [0.15, 0.2) is 0 Å². The predicted octanol–water partition coefficient (Wildman–Crippen LogP) is 4.83. The molecule has 4 heteroatoms. The molecule has 0 aromatic heterocycles. The molecule has 10 radical (unpaired) electrons. The fourth-order valence-electron chi connectivity index (χ4n) is 1.71. The van der Waals surface area contributed by atoms with Crippen LogP contribution in [0.1, 0.15) is 51.4 Å². The Kier molecular flexibility index (Phi) is 36.3. The summed E-state index contributed by atoms with van der Waals surface area (Å²) in [4.78, 5) is 0. The van der Waals surface area contributed by atoms with Crippen molar-refractivity contribution in [3.05, 3.63) is 51.4 Å². The van der Waals surface area contributed by atoms with Gasteiger partial charge in [0.05, 0.1) is 0 Å². The van der Waals surface area contributed by atoms with Gasteiger partial charge in [0.15, 0.2) is 0 Å². The van der Waals surface area contributed by atoms with Gasteiger partial charge in [-0.05, 0) is 103 Å². The van der Waals surface area contributed by atoms with Crippen LogP contribution < -0.4 is 0 Å². The second-order valence-electron chi connectivity index (χ2n) is 4.60. The Bertz CT molecular complexity index is 103. The minimum atomic E-state index is 0. The number of hydrogen-bond donors (Lipinski definition) is 0. The first kappa shape index (κ1) is 28.7. The van der Waals surface area contributed by atoms with Crippen molar-refractivity contribution in [1.82, 2.24) is 0 Å². The van der Waals surface area contributed by atoms with Crippen molar-refractivity contribution < 1.29 is 39.0 Å². The van der Waals surface area contributed by atoms with Crippen molar-refractivity contribution in [2.24, 2.45) is 0 Å². The predicted molar refractivity (Wildman–Crippen MR) is 95.8 cm³/mol. The third-order valence-corrected chi connectivity index (χ3v) is 3.42. The zero-order valence-electron chi connectivity index (χ0n) is 13.2. The number of rotatable bonds is 1. The van der Waals surface area contributed by atoms with E-state index in [2.05, 4.69) is 76.6 Å². The summed E-state index contributed by atoms with van der Waals surface area (Å²) in [6.45, 7) is 0. The summed E-state index contributed by atoms with van der Waals surface area (Å²) in [5.41, 5.74) is 0. The second kappa shape index (κ2) is 27.8. The molecule has 2 fully saturated rings. The molecule has 0 bridgehead atoms. The van der Waals surface area contributed by atoms with E-state index in [0.717, 1.165) is 11.5 Å². The van der Waals surface area contributed by atoms with Crippen LogP contribution in [0.5, 0.6) is 0 Å². The van der Waals surface area contributed by atoms with Crippen LogP contribution in [0.25, 0.3) is 0 Å². The first-order valence-corrected chi connectivity index (χ1v) is 8.83. The van der Waals surface area contributed by atoms with Gasteiger partial charge < -0.3 is 25.3 Å². The Morgan fingerprint density at radius 2 is 0.545 bits per heavy atom. The Labute approximate surface area is 177 Å². The fourth-order valence-corrected chi connectivity index (χ4v) is 1.71. The molecule has 2 rings (SSSR count). The molecule has 0 saturated heterocycles. The van der Waals surface area contributed by atoms with E-state index >= 15 is 0 Å². The normalized spacial score (nSPS) is 18.8. The van der Waals surface area contributed by atoms with Crippen molar-refractivity contribution >= 4 is 25.3 Å². The minimum Gasteiger partial charge on any atom is -0.794 e. The third kappa shape index (κ3) is 26.8. The average Bonchev–Trinajstić information content (AvgIpc) is 2.38. The molecule has 0 heterocycles. The second-order valence-corrected chi connectivity index (χ2v) is 5.42. The smallest absolute Gasteiger partial charge is 0 e. The van der Waals surface area contributed by atoms with E-state index in [0.29, 0.717) is 0 Å². The van der Waals surface area contributed by atoms with Crippen molar-refractivity contribution in [1.29, 1.82) is 0 Å². The maximum atomic E-state index is 4.45. The van der Waals surface area contributed by atoms with E-state index in [4.69, 9.17) is 0 Å². The summed E-state index contributed by atoms with van der Waals surface area (Å²) < 4.78 is 0. The molecule has 0 amide bonds. The molecule has 2 aliphatic carbocycles. The van der Waals surface area contributed by atoms with Gasteiger partial charge in [-0.15, -0.1) is 0 Å². The van der Waals surface area contributed by atoms with E-state index in [9.17, 15) is 0 Å². The van der Waals surface area contributed by atoms with Gasteiger partial charge in [-0.2, -0.15) is 11.5 Å². The van der Waals surface area contributed by atoms with Crippen molar-refractivity contribution in [3.63, 3.8) is 0 Å². The minimum absolute atomic E-state index is 0. The van der Waals surface area contributed by atoms with E-state index in [1.807, 2.05) is 0 Å². The van der Waals surface area contributed by atoms with E-state index in [1.165, 1.54) is 51.4 Å². The molecule has 0 aromatic rings. The molecule has 0 N–H and O–H groups in total. The van der Waals surface area contributed by atoms with E-state index < -0.39 is 0 Å². The molecule has 2 saturated carbocycles. The number of hydrogen-bond acceptors (Lipinski definition) is 2. The summed E-state index contributed by atoms with van der Waals surface area (Å²) in [6, 6.07) is 0. The largest absolute Gasteiger partial charge is 0.794 e. The first-order chi connectivity index (χ1) is 9.91. The molecule has 0 aromatic carbocycles. The molecule has 0 atom stereocenters. The zero-order chi connectivity index (χ0) is 14.7. The standard InChI is InChI=1S/2C8H12.C2H6S2.2Rh/c2*1-2-4-6-8-7-5-3-1;3-1-2-4;;/h2*1-2,7-8H,3-6H2;3-4H,1-2H2;;/p-2. The van der Waals surface area contributed by atoms with Gasteiger partial charge in [-0.3, -0.25) is 0 Å². The quantitative estimate of drug-likeness (QED) is 0.363. The van der Waals surface area contributed by atoms with Gasteiger partial charge in [0.25, 0.3) is 0 Å². The van der Waals surface area contributed by atoms with Crippen molar-refractivity contribution in [3.8, 4) is 0 Å². The molecule has 0 aliphatic heterocycles. The summed E-state index contributed by atoms with van der Waals surface area (Å²) >= 11 is 8.90. The van der Waals surface area contributed by atoms with Crippen LogP contribution in [0, 0.1) is 51.4 Å². The molecular weight excluding hydrogens is 486 g/mol. The van der Waals surface area contributed by atoms with Crippen molar-refractivity contribution in [2.75, 3.05) is 11.5 Å². The Morgan fingerprint density at radius 1 is 0.409 bits per heavy atom. The van der Waals surface area contributed by atoms with E-state index in [-0.39, 0.29) is 39.0 Å². The van der Waals surface area contributed by atoms with Crippen LogP contribution in [0.3, 0.4) is 0 Å². The summed E-state index contributed by atoms with van der Waals surface area (Å²) in [5, 5.41) is 0. The first-order valence-electron chi connectivity index (χ1n) is 7.68. The molecule has 0 unspecified atom stereocenters. The molecule has 132 valence electrons. The van der Waals surface area contributed by atoms with Gasteiger partial charge in [-0.25, -0.2) is 0 Å². The Morgan fingerprint density at radius 3 is 0.636 bits per heavy atom. The van der Waals surface area contributed by atoms with Crippen LogP contribution in [-0.4, -0.2) is 11.5 Å². The maximum absolute atomic E-state index is 4.45. The Balaban J connectivity index is -0.000000249. The average molecular weight is 514 g/mol. The van der Waals surface area contributed by atoms with Gasteiger partial charge in [0.1, 0.15) is 0 Å². The van der Waals surface area contributed by atoms with Crippen LogP contribution >= 0.6 is 0 Å². The zero-order valence-corrected chi connectivity index (χ0v) is 18.1. The fraction of sp³-hybridized carbons (Fsp3) is 0.556. The summed E-state index contributed by atoms with van der Waals surface area (Å²) in [7, 11) is 0. The Hall–Kier alpha value is 1.95. The molecule has 22 heavy (non-hydrogen) atoms. The van der Waals surface area contributed by atoms with Gasteiger partial charge in [0.2, 0.25) is 0 Å². The van der Waals surface area contributed by atoms with E-state index in [1.54, 1.807) is 0 Å². The molecule has 0 nitrogen and oxygen atoms in total.